The Morgan fingerprint density at radius 2 is 2.05 bits per heavy atom. The van der Waals surface area contributed by atoms with Gasteiger partial charge in [0.05, 0.1) is 21.7 Å². The number of aromatic nitrogens is 2. The fraction of sp³-hybridized carbons (Fsp3) is 0.133. The van der Waals surface area contributed by atoms with Crippen LogP contribution in [-0.2, 0) is 10.5 Å². The third kappa shape index (κ3) is 3.80. The van der Waals surface area contributed by atoms with Gasteiger partial charge in [0.15, 0.2) is 5.13 Å². The molecule has 21 heavy (non-hydrogen) atoms. The van der Waals surface area contributed by atoms with Crippen molar-refractivity contribution >= 4 is 44.4 Å². The van der Waals surface area contributed by atoms with E-state index < -0.39 is 0 Å². The molecular weight excluding hydrogens is 302 g/mol. The molecule has 0 aliphatic heterocycles. The van der Waals surface area contributed by atoms with Gasteiger partial charge in [0.25, 0.3) is 0 Å². The molecule has 0 radical (unpaired) electrons. The largest absolute Gasteiger partial charge is 0.301 e. The highest BCUT2D eigenvalue weighted by Gasteiger charge is 2.07. The Labute approximate surface area is 130 Å². The Morgan fingerprint density at radius 3 is 2.86 bits per heavy atom. The minimum atomic E-state index is -0.0324. The van der Waals surface area contributed by atoms with E-state index in [1.165, 1.54) is 11.3 Å². The second kappa shape index (κ2) is 6.69. The number of rotatable bonds is 5. The van der Waals surface area contributed by atoms with Crippen LogP contribution < -0.4 is 5.32 Å². The number of para-hydroxylation sites is 1. The summed E-state index contributed by atoms with van der Waals surface area (Å²) in [4.78, 5) is 20.5. The van der Waals surface area contributed by atoms with E-state index in [1.807, 2.05) is 42.5 Å². The summed E-state index contributed by atoms with van der Waals surface area (Å²) in [5.41, 5.74) is 1.90. The number of carbonyl (C=O) groups excluding carboxylic acids is 1. The van der Waals surface area contributed by atoms with Crippen molar-refractivity contribution in [1.29, 1.82) is 0 Å². The van der Waals surface area contributed by atoms with E-state index >= 15 is 0 Å². The maximum atomic E-state index is 11.9. The number of amides is 1. The number of hydrogen-bond acceptors (Lipinski definition) is 5. The van der Waals surface area contributed by atoms with Crippen LogP contribution in [-0.4, -0.2) is 21.6 Å². The molecule has 0 aliphatic carbocycles. The number of benzene rings is 1. The van der Waals surface area contributed by atoms with Gasteiger partial charge in [0.1, 0.15) is 0 Å². The van der Waals surface area contributed by atoms with Crippen molar-refractivity contribution in [3.8, 4) is 0 Å². The van der Waals surface area contributed by atoms with Crippen LogP contribution in [0.3, 0.4) is 0 Å². The zero-order chi connectivity index (χ0) is 14.5. The zero-order valence-electron chi connectivity index (χ0n) is 11.2. The number of anilines is 1. The van der Waals surface area contributed by atoms with Crippen LogP contribution in [0.5, 0.6) is 0 Å². The first-order valence-corrected chi connectivity index (χ1v) is 8.41. The summed E-state index contributed by atoms with van der Waals surface area (Å²) in [6.45, 7) is 0. The predicted octanol–water partition coefficient (Wildman–Crippen LogP) is 3.56. The molecule has 0 unspecified atom stereocenters. The van der Waals surface area contributed by atoms with Crippen LogP contribution in [0.1, 0.15) is 5.69 Å². The molecule has 106 valence electrons. The number of nitrogens with zero attached hydrogens (tertiary/aromatic N) is 2. The molecule has 0 saturated heterocycles. The fourth-order valence-electron chi connectivity index (χ4n) is 1.81. The molecule has 0 spiro atoms. The molecule has 0 atom stereocenters. The summed E-state index contributed by atoms with van der Waals surface area (Å²) in [5.74, 6) is 1.09. The fourth-order valence-corrected chi connectivity index (χ4v) is 3.43. The molecule has 3 aromatic rings. The molecule has 2 heterocycles. The van der Waals surface area contributed by atoms with Crippen LogP contribution >= 0.6 is 23.1 Å². The average Bonchev–Trinajstić information content (AvgIpc) is 2.90. The summed E-state index contributed by atoms with van der Waals surface area (Å²) < 4.78 is 1.08. The van der Waals surface area contributed by atoms with Gasteiger partial charge in [-0.1, -0.05) is 29.5 Å². The average molecular weight is 315 g/mol. The molecule has 1 amide bonds. The number of hydrogen-bond donors (Lipinski definition) is 1. The smallest absolute Gasteiger partial charge is 0.236 e. The Morgan fingerprint density at radius 1 is 1.19 bits per heavy atom. The van der Waals surface area contributed by atoms with Crippen LogP contribution in [0.2, 0.25) is 0 Å². The number of thioether (sulfide) groups is 1. The van der Waals surface area contributed by atoms with Crippen molar-refractivity contribution in [3.63, 3.8) is 0 Å². The van der Waals surface area contributed by atoms with Crippen molar-refractivity contribution in [2.75, 3.05) is 11.1 Å². The van der Waals surface area contributed by atoms with Crippen molar-refractivity contribution < 1.29 is 4.79 Å². The van der Waals surface area contributed by atoms with Crippen LogP contribution in [0.25, 0.3) is 10.2 Å². The molecular formula is C15H13N3OS2. The highest BCUT2D eigenvalue weighted by molar-refractivity contribution is 7.99. The van der Waals surface area contributed by atoms with E-state index in [-0.39, 0.29) is 5.91 Å². The predicted molar refractivity (Wildman–Crippen MR) is 88.6 cm³/mol. The van der Waals surface area contributed by atoms with E-state index in [0.29, 0.717) is 10.9 Å². The highest BCUT2D eigenvalue weighted by Crippen LogP contribution is 2.25. The first-order valence-electron chi connectivity index (χ1n) is 6.44. The third-order valence-electron chi connectivity index (χ3n) is 2.75. The van der Waals surface area contributed by atoms with Crippen molar-refractivity contribution in [2.45, 2.75) is 5.75 Å². The Kier molecular flexibility index (Phi) is 4.47. The van der Waals surface area contributed by atoms with E-state index in [2.05, 4.69) is 15.3 Å². The summed E-state index contributed by atoms with van der Waals surface area (Å²) in [7, 11) is 0. The standard InChI is InChI=1S/C15H13N3OS2/c19-14(10-20-9-11-5-3-4-8-16-11)18-15-17-12-6-1-2-7-13(12)21-15/h1-8H,9-10H2,(H,17,18,19). The minimum Gasteiger partial charge on any atom is -0.301 e. The van der Waals surface area contributed by atoms with Gasteiger partial charge in [-0.25, -0.2) is 4.98 Å². The van der Waals surface area contributed by atoms with Gasteiger partial charge in [-0.2, -0.15) is 0 Å². The topological polar surface area (TPSA) is 54.9 Å². The zero-order valence-corrected chi connectivity index (χ0v) is 12.8. The molecule has 0 bridgehead atoms. The van der Waals surface area contributed by atoms with Gasteiger partial charge in [-0.05, 0) is 24.3 Å². The molecule has 0 fully saturated rings. The van der Waals surface area contributed by atoms with Crippen molar-refractivity contribution in [3.05, 3.63) is 54.4 Å². The van der Waals surface area contributed by atoms with Crippen LogP contribution in [0.15, 0.2) is 48.7 Å². The minimum absolute atomic E-state index is 0.0324. The SMILES string of the molecule is O=C(CSCc1ccccn1)Nc1nc2ccccc2s1. The summed E-state index contributed by atoms with van der Waals surface area (Å²) >= 11 is 3.03. The Balaban J connectivity index is 1.52. The molecule has 6 heteroatoms. The highest BCUT2D eigenvalue weighted by atomic mass is 32.2. The monoisotopic (exact) mass is 315 g/mol. The van der Waals surface area contributed by atoms with Gasteiger partial charge in [0, 0.05) is 11.9 Å². The molecule has 2 aromatic heterocycles. The summed E-state index contributed by atoms with van der Waals surface area (Å²) in [6.07, 6.45) is 1.76. The summed E-state index contributed by atoms with van der Waals surface area (Å²) in [5, 5.41) is 3.50. The van der Waals surface area contributed by atoms with Crippen LogP contribution in [0.4, 0.5) is 5.13 Å². The molecule has 0 saturated carbocycles. The lowest BCUT2D eigenvalue weighted by molar-refractivity contribution is -0.113. The summed E-state index contributed by atoms with van der Waals surface area (Å²) in [6, 6.07) is 13.6. The normalized spacial score (nSPS) is 10.7. The first kappa shape index (κ1) is 14.0. The Bertz CT molecular complexity index is 710. The third-order valence-corrected chi connectivity index (χ3v) is 4.67. The maximum Gasteiger partial charge on any atom is 0.236 e. The van der Waals surface area contributed by atoms with Crippen molar-refractivity contribution in [2.24, 2.45) is 0 Å². The lowest BCUT2D eigenvalue weighted by Gasteiger charge is -2.01. The maximum absolute atomic E-state index is 11.9. The van der Waals surface area contributed by atoms with Gasteiger partial charge >= 0.3 is 0 Å². The number of pyridine rings is 1. The van der Waals surface area contributed by atoms with Crippen LogP contribution in [0, 0.1) is 0 Å². The van der Waals surface area contributed by atoms with Gasteiger partial charge < -0.3 is 5.32 Å². The van der Waals surface area contributed by atoms with Gasteiger partial charge in [0.2, 0.25) is 5.91 Å². The molecule has 3 rings (SSSR count). The molecule has 4 nitrogen and oxygen atoms in total. The second-order valence-corrected chi connectivity index (χ2v) is 6.37. The van der Waals surface area contributed by atoms with Gasteiger partial charge in [-0.15, -0.1) is 11.8 Å². The molecule has 0 aliphatic rings. The van der Waals surface area contributed by atoms with Crippen molar-refractivity contribution in [1.82, 2.24) is 9.97 Å². The molecule has 1 N–H and O–H groups in total. The van der Waals surface area contributed by atoms with E-state index in [4.69, 9.17) is 0 Å². The van der Waals surface area contributed by atoms with E-state index in [0.717, 1.165) is 21.7 Å². The number of thiazole rings is 1. The van der Waals surface area contributed by atoms with E-state index in [1.54, 1.807) is 18.0 Å². The molecule has 1 aromatic carbocycles. The Hall–Kier alpha value is -1.92. The lowest BCUT2D eigenvalue weighted by Crippen LogP contribution is -2.13. The van der Waals surface area contributed by atoms with E-state index in [9.17, 15) is 4.79 Å². The second-order valence-electron chi connectivity index (χ2n) is 4.35. The lowest BCUT2D eigenvalue weighted by atomic mass is 10.3. The quantitative estimate of drug-likeness (QED) is 0.782. The number of nitrogens with one attached hydrogen (secondary N) is 1. The number of carbonyl (C=O) groups is 1. The number of fused-ring (bicyclic) bond motifs is 1. The first-order chi connectivity index (χ1) is 10.3. The van der Waals surface area contributed by atoms with Gasteiger partial charge in [-0.3, -0.25) is 9.78 Å².